The number of aliphatic hydroxyl groups is 1. The van der Waals surface area contributed by atoms with Crippen molar-refractivity contribution in [2.24, 2.45) is 5.73 Å². The van der Waals surface area contributed by atoms with Crippen LogP contribution in [-0.4, -0.2) is 24.9 Å². The van der Waals surface area contributed by atoms with Crippen LogP contribution in [0.3, 0.4) is 0 Å². The van der Waals surface area contributed by atoms with E-state index in [0.29, 0.717) is 12.2 Å². The molecule has 96 valence electrons. The maximum Gasteiger partial charge on any atom is 0.127 e. The molecule has 0 saturated carbocycles. The van der Waals surface area contributed by atoms with E-state index in [2.05, 4.69) is 0 Å². The van der Waals surface area contributed by atoms with Gasteiger partial charge in [-0.25, -0.2) is 0 Å². The Hall–Kier alpha value is -1.26. The van der Waals surface area contributed by atoms with Crippen molar-refractivity contribution < 1.29 is 14.6 Å². The van der Waals surface area contributed by atoms with Gasteiger partial charge in [0.15, 0.2) is 0 Å². The Bertz CT molecular complexity index is 353. The summed E-state index contributed by atoms with van der Waals surface area (Å²) in [5.74, 6) is 1.39. The first-order valence-corrected chi connectivity index (χ1v) is 5.82. The Morgan fingerprint density at radius 1 is 1.41 bits per heavy atom. The number of methoxy groups -OCH3 is 1. The van der Waals surface area contributed by atoms with Crippen molar-refractivity contribution in [3.05, 3.63) is 23.8 Å². The molecule has 0 spiro atoms. The van der Waals surface area contributed by atoms with E-state index in [1.54, 1.807) is 13.2 Å². The molecule has 0 amide bonds. The number of nitrogens with two attached hydrogens (primary N) is 1. The molecule has 0 aliphatic carbocycles. The van der Waals surface area contributed by atoms with Gasteiger partial charge in [0.1, 0.15) is 18.1 Å². The van der Waals surface area contributed by atoms with Crippen molar-refractivity contribution in [3.8, 4) is 11.5 Å². The molecule has 0 heterocycles. The Balaban J connectivity index is 2.85. The van der Waals surface area contributed by atoms with Crippen molar-refractivity contribution in [3.63, 3.8) is 0 Å². The summed E-state index contributed by atoms with van der Waals surface area (Å²) >= 11 is 0. The van der Waals surface area contributed by atoms with Crippen LogP contribution in [0.15, 0.2) is 18.2 Å². The Kier molecular flexibility index (Phi) is 5.25. The number of hydrogen-bond acceptors (Lipinski definition) is 4. The first kappa shape index (κ1) is 13.8. The molecule has 0 fully saturated rings. The maximum absolute atomic E-state index is 9.49. The molecule has 0 bridgehead atoms. The van der Waals surface area contributed by atoms with Gasteiger partial charge in [0, 0.05) is 17.7 Å². The average Bonchev–Trinajstić information content (AvgIpc) is 2.35. The van der Waals surface area contributed by atoms with Gasteiger partial charge < -0.3 is 20.3 Å². The first-order valence-electron chi connectivity index (χ1n) is 5.82. The van der Waals surface area contributed by atoms with Crippen LogP contribution in [-0.2, 0) is 0 Å². The lowest BCUT2D eigenvalue weighted by Crippen LogP contribution is -2.17. The van der Waals surface area contributed by atoms with E-state index in [9.17, 15) is 5.11 Å². The molecule has 4 heteroatoms. The second kappa shape index (κ2) is 6.47. The first-order chi connectivity index (χ1) is 8.08. The second-order valence-electron chi connectivity index (χ2n) is 4.07. The minimum Gasteiger partial charge on any atom is -0.497 e. The van der Waals surface area contributed by atoms with Crippen LogP contribution in [0.1, 0.15) is 31.9 Å². The molecule has 2 atom stereocenters. The lowest BCUT2D eigenvalue weighted by molar-refractivity contribution is 0.103. The summed E-state index contributed by atoms with van der Waals surface area (Å²) in [5.41, 5.74) is 6.77. The van der Waals surface area contributed by atoms with E-state index >= 15 is 0 Å². The molecule has 1 aromatic rings. The highest BCUT2D eigenvalue weighted by molar-refractivity contribution is 5.42. The van der Waals surface area contributed by atoms with Gasteiger partial charge in [0.05, 0.1) is 13.2 Å². The minimum atomic E-state index is -0.456. The van der Waals surface area contributed by atoms with Gasteiger partial charge in [-0.3, -0.25) is 0 Å². The molecule has 0 aromatic heterocycles. The van der Waals surface area contributed by atoms with E-state index < -0.39 is 6.10 Å². The predicted octanol–water partition coefficient (Wildman–Crippen LogP) is 1.86. The average molecular weight is 239 g/mol. The fourth-order valence-corrected chi connectivity index (χ4v) is 1.45. The molecule has 0 saturated heterocycles. The van der Waals surface area contributed by atoms with Gasteiger partial charge in [-0.05, 0) is 19.4 Å². The van der Waals surface area contributed by atoms with E-state index in [1.165, 1.54) is 0 Å². The van der Waals surface area contributed by atoms with Crippen LogP contribution in [0.5, 0.6) is 11.5 Å². The SMILES string of the molecule is CCC(O)COc1cc(OC)ccc1[C@@H](C)N. The van der Waals surface area contributed by atoms with Crippen molar-refractivity contribution >= 4 is 0 Å². The van der Waals surface area contributed by atoms with Crippen LogP contribution < -0.4 is 15.2 Å². The van der Waals surface area contributed by atoms with Gasteiger partial charge in [-0.2, -0.15) is 0 Å². The molecule has 0 aliphatic rings. The van der Waals surface area contributed by atoms with E-state index in [0.717, 1.165) is 11.3 Å². The zero-order valence-electron chi connectivity index (χ0n) is 10.6. The zero-order chi connectivity index (χ0) is 12.8. The molecule has 1 unspecified atom stereocenters. The number of benzene rings is 1. The molecule has 0 radical (unpaired) electrons. The molecule has 17 heavy (non-hydrogen) atoms. The lowest BCUT2D eigenvalue weighted by atomic mass is 10.1. The molecule has 0 aliphatic heterocycles. The van der Waals surface area contributed by atoms with E-state index in [1.807, 2.05) is 26.0 Å². The van der Waals surface area contributed by atoms with E-state index in [4.69, 9.17) is 15.2 Å². The highest BCUT2D eigenvalue weighted by Gasteiger charge is 2.11. The summed E-state index contributed by atoms with van der Waals surface area (Å²) < 4.78 is 10.7. The third-order valence-electron chi connectivity index (χ3n) is 2.61. The molecule has 3 N–H and O–H groups in total. The lowest BCUT2D eigenvalue weighted by Gasteiger charge is -2.16. The number of rotatable bonds is 6. The Morgan fingerprint density at radius 3 is 2.65 bits per heavy atom. The zero-order valence-corrected chi connectivity index (χ0v) is 10.6. The largest absolute Gasteiger partial charge is 0.497 e. The smallest absolute Gasteiger partial charge is 0.127 e. The highest BCUT2D eigenvalue weighted by atomic mass is 16.5. The molecule has 1 aromatic carbocycles. The molecule has 1 rings (SSSR count). The highest BCUT2D eigenvalue weighted by Crippen LogP contribution is 2.28. The van der Waals surface area contributed by atoms with Crippen LogP contribution in [0.2, 0.25) is 0 Å². The van der Waals surface area contributed by atoms with Gasteiger partial charge >= 0.3 is 0 Å². The van der Waals surface area contributed by atoms with Crippen LogP contribution >= 0.6 is 0 Å². The van der Waals surface area contributed by atoms with Gasteiger partial charge in [0.2, 0.25) is 0 Å². The van der Waals surface area contributed by atoms with Crippen LogP contribution in [0, 0.1) is 0 Å². The summed E-state index contributed by atoms with van der Waals surface area (Å²) in [6, 6.07) is 5.41. The summed E-state index contributed by atoms with van der Waals surface area (Å²) in [6.45, 7) is 4.07. The standard InChI is InChI=1S/C13H21NO3/c1-4-10(15)8-17-13-7-11(16-3)5-6-12(13)9(2)14/h5-7,9-10,15H,4,8,14H2,1-3H3/t9-,10?/m1/s1. The number of ether oxygens (including phenoxy) is 2. The van der Waals surface area contributed by atoms with Crippen molar-refractivity contribution in [2.45, 2.75) is 32.4 Å². The summed E-state index contributed by atoms with van der Waals surface area (Å²) in [4.78, 5) is 0. The fourth-order valence-electron chi connectivity index (χ4n) is 1.45. The van der Waals surface area contributed by atoms with Crippen molar-refractivity contribution in [2.75, 3.05) is 13.7 Å². The molecule has 4 nitrogen and oxygen atoms in total. The van der Waals surface area contributed by atoms with Crippen molar-refractivity contribution in [1.82, 2.24) is 0 Å². The molecular weight excluding hydrogens is 218 g/mol. The van der Waals surface area contributed by atoms with Gasteiger partial charge in [0.25, 0.3) is 0 Å². The van der Waals surface area contributed by atoms with Gasteiger partial charge in [-0.1, -0.05) is 13.0 Å². The topological polar surface area (TPSA) is 64.7 Å². The van der Waals surface area contributed by atoms with E-state index in [-0.39, 0.29) is 12.6 Å². The monoisotopic (exact) mass is 239 g/mol. The summed E-state index contributed by atoms with van der Waals surface area (Å²) in [6.07, 6.45) is 0.208. The van der Waals surface area contributed by atoms with Crippen LogP contribution in [0.25, 0.3) is 0 Å². The Morgan fingerprint density at radius 2 is 2.12 bits per heavy atom. The fraction of sp³-hybridized carbons (Fsp3) is 0.538. The predicted molar refractivity (Wildman–Crippen MR) is 67.4 cm³/mol. The van der Waals surface area contributed by atoms with Crippen LogP contribution in [0.4, 0.5) is 0 Å². The Labute approximate surface area is 102 Å². The third kappa shape index (κ3) is 3.91. The third-order valence-corrected chi connectivity index (χ3v) is 2.61. The van der Waals surface area contributed by atoms with Gasteiger partial charge in [-0.15, -0.1) is 0 Å². The minimum absolute atomic E-state index is 0.116. The van der Waals surface area contributed by atoms with Crippen molar-refractivity contribution in [1.29, 1.82) is 0 Å². The summed E-state index contributed by atoms with van der Waals surface area (Å²) in [5, 5.41) is 9.49. The quantitative estimate of drug-likeness (QED) is 0.795. The maximum atomic E-state index is 9.49. The second-order valence-corrected chi connectivity index (χ2v) is 4.07. The number of hydrogen-bond donors (Lipinski definition) is 2. The number of aliphatic hydroxyl groups excluding tert-OH is 1. The normalized spacial score (nSPS) is 14.2. The summed E-state index contributed by atoms with van der Waals surface area (Å²) in [7, 11) is 1.60. The molecular formula is C13H21NO3.